The van der Waals surface area contributed by atoms with Gasteiger partial charge in [-0.3, -0.25) is 4.79 Å². The molecule has 0 radical (unpaired) electrons. The zero-order valence-electron chi connectivity index (χ0n) is 12.9. The first-order valence-corrected chi connectivity index (χ1v) is 8.32. The monoisotopic (exact) mass is 323 g/mol. The fourth-order valence-electron chi connectivity index (χ4n) is 1.60. The number of amides is 2. The molecule has 0 aromatic rings. The van der Waals surface area contributed by atoms with Crippen LogP contribution in [0.3, 0.4) is 0 Å². The van der Waals surface area contributed by atoms with Gasteiger partial charge in [0.1, 0.15) is 0 Å². The standard InChI is InChI=1S/C12H25N3O5S/c1-9(2)7-10(11(16)17)8-14-12(18)13-5-6-21(19,20)15(3)4/h9-10H,5-8H2,1-4H3,(H,16,17)(H2,13,14,18). The van der Waals surface area contributed by atoms with Gasteiger partial charge in [-0.05, 0) is 12.3 Å². The Balaban J connectivity index is 4.12. The van der Waals surface area contributed by atoms with E-state index in [1.54, 1.807) is 0 Å². The van der Waals surface area contributed by atoms with Crippen LogP contribution in [-0.4, -0.2) is 62.8 Å². The predicted molar refractivity (Wildman–Crippen MR) is 79.5 cm³/mol. The average Bonchev–Trinajstić information content (AvgIpc) is 2.33. The second-order valence-corrected chi connectivity index (χ2v) is 7.70. The largest absolute Gasteiger partial charge is 0.481 e. The lowest BCUT2D eigenvalue weighted by Crippen LogP contribution is -2.42. The van der Waals surface area contributed by atoms with Crippen molar-refractivity contribution in [1.29, 1.82) is 0 Å². The van der Waals surface area contributed by atoms with E-state index in [-0.39, 0.29) is 24.8 Å². The molecule has 1 atom stereocenters. The second-order valence-electron chi connectivity index (χ2n) is 5.40. The van der Waals surface area contributed by atoms with Crippen LogP contribution in [0, 0.1) is 11.8 Å². The normalized spacial score (nSPS) is 13.2. The molecule has 2 amide bonds. The third kappa shape index (κ3) is 8.51. The minimum Gasteiger partial charge on any atom is -0.481 e. The van der Waals surface area contributed by atoms with E-state index >= 15 is 0 Å². The summed E-state index contributed by atoms with van der Waals surface area (Å²) in [5.74, 6) is -1.61. The molecule has 0 aliphatic rings. The maximum absolute atomic E-state index is 11.5. The average molecular weight is 323 g/mol. The molecule has 0 aromatic carbocycles. The Morgan fingerprint density at radius 1 is 1.19 bits per heavy atom. The fourth-order valence-corrected chi connectivity index (χ4v) is 2.32. The zero-order valence-corrected chi connectivity index (χ0v) is 13.7. The Labute approximate surface area is 125 Å². The summed E-state index contributed by atoms with van der Waals surface area (Å²) in [7, 11) is -0.527. The van der Waals surface area contributed by atoms with Crippen LogP contribution in [0.1, 0.15) is 20.3 Å². The lowest BCUT2D eigenvalue weighted by Gasteiger charge is -2.16. The van der Waals surface area contributed by atoms with Gasteiger partial charge in [-0.2, -0.15) is 0 Å². The van der Waals surface area contributed by atoms with Crippen molar-refractivity contribution in [3.05, 3.63) is 0 Å². The van der Waals surface area contributed by atoms with Crippen LogP contribution in [0.5, 0.6) is 0 Å². The van der Waals surface area contributed by atoms with E-state index < -0.39 is 27.9 Å². The molecule has 0 bridgehead atoms. The summed E-state index contributed by atoms with van der Waals surface area (Å²) in [5, 5.41) is 13.9. The van der Waals surface area contributed by atoms with Gasteiger partial charge in [-0.15, -0.1) is 0 Å². The summed E-state index contributed by atoms with van der Waals surface area (Å²) in [6.45, 7) is 3.79. The summed E-state index contributed by atoms with van der Waals surface area (Å²) < 4.78 is 24.0. The van der Waals surface area contributed by atoms with Gasteiger partial charge < -0.3 is 15.7 Å². The first-order valence-electron chi connectivity index (χ1n) is 6.71. The molecule has 124 valence electrons. The molecule has 1 unspecified atom stereocenters. The van der Waals surface area contributed by atoms with E-state index in [2.05, 4.69) is 10.6 Å². The molecule has 0 aromatic heterocycles. The highest BCUT2D eigenvalue weighted by Crippen LogP contribution is 2.10. The first kappa shape index (κ1) is 19.7. The minimum absolute atomic E-state index is 0.0137. The quantitative estimate of drug-likeness (QED) is 0.549. The van der Waals surface area contributed by atoms with Gasteiger partial charge in [0.2, 0.25) is 10.0 Å². The van der Waals surface area contributed by atoms with E-state index in [4.69, 9.17) is 5.11 Å². The molecular weight excluding hydrogens is 298 g/mol. The minimum atomic E-state index is -3.36. The Morgan fingerprint density at radius 3 is 2.19 bits per heavy atom. The van der Waals surface area contributed by atoms with E-state index in [1.165, 1.54) is 14.1 Å². The Morgan fingerprint density at radius 2 is 1.76 bits per heavy atom. The van der Waals surface area contributed by atoms with Crippen LogP contribution in [0.25, 0.3) is 0 Å². The van der Waals surface area contributed by atoms with Crippen LogP contribution in [0.4, 0.5) is 4.79 Å². The maximum Gasteiger partial charge on any atom is 0.314 e. The fraction of sp³-hybridized carbons (Fsp3) is 0.833. The molecule has 0 saturated carbocycles. The van der Waals surface area contributed by atoms with Crippen molar-refractivity contribution in [2.75, 3.05) is 32.9 Å². The second kappa shape index (κ2) is 8.83. The Bertz CT molecular complexity index is 448. The van der Waals surface area contributed by atoms with Crippen molar-refractivity contribution < 1.29 is 23.1 Å². The maximum atomic E-state index is 11.5. The number of aliphatic carboxylic acids is 1. The van der Waals surface area contributed by atoms with Gasteiger partial charge in [0.25, 0.3) is 0 Å². The lowest BCUT2D eigenvalue weighted by atomic mass is 9.97. The summed E-state index contributed by atoms with van der Waals surface area (Å²) in [5.41, 5.74) is 0. The third-order valence-electron chi connectivity index (χ3n) is 2.82. The zero-order chi connectivity index (χ0) is 16.6. The van der Waals surface area contributed by atoms with Crippen LogP contribution in [0.15, 0.2) is 0 Å². The van der Waals surface area contributed by atoms with Gasteiger partial charge in [0.05, 0.1) is 11.7 Å². The van der Waals surface area contributed by atoms with E-state index in [9.17, 15) is 18.0 Å². The number of hydrogen-bond acceptors (Lipinski definition) is 4. The molecule has 8 nitrogen and oxygen atoms in total. The van der Waals surface area contributed by atoms with Crippen molar-refractivity contribution in [2.24, 2.45) is 11.8 Å². The first-order chi connectivity index (χ1) is 9.56. The topological polar surface area (TPSA) is 116 Å². The molecular formula is C12H25N3O5S. The SMILES string of the molecule is CC(C)CC(CNC(=O)NCCS(=O)(=O)N(C)C)C(=O)O. The molecule has 0 aliphatic carbocycles. The van der Waals surface area contributed by atoms with Gasteiger partial charge in [-0.25, -0.2) is 17.5 Å². The smallest absolute Gasteiger partial charge is 0.314 e. The molecule has 0 spiro atoms. The molecule has 0 rings (SSSR count). The van der Waals surface area contributed by atoms with Crippen LogP contribution >= 0.6 is 0 Å². The molecule has 21 heavy (non-hydrogen) atoms. The van der Waals surface area contributed by atoms with Crippen molar-refractivity contribution in [3.63, 3.8) is 0 Å². The number of nitrogens with zero attached hydrogens (tertiary/aromatic N) is 1. The third-order valence-corrected chi connectivity index (χ3v) is 4.65. The number of rotatable bonds is 9. The summed E-state index contributed by atoms with van der Waals surface area (Å²) in [4.78, 5) is 22.5. The van der Waals surface area contributed by atoms with Gasteiger partial charge in [-0.1, -0.05) is 13.8 Å². The summed E-state index contributed by atoms with van der Waals surface area (Å²) in [6.07, 6.45) is 0.463. The molecule has 0 aliphatic heterocycles. The molecule has 0 fully saturated rings. The number of sulfonamides is 1. The number of carbonyl (C=O) groups excluding carboxylic acids is 1. The van der Waals surface area contributed by atoms with Crippen molar-refractivity contribution >= 4 is 22.0 Å². The van der Waals surface area contributed by atoms with Gasteiger partial charge in [0, 0.05) is 27.2 Å². The number of carbonyl (C=O) groups is 2. The van der Waals surface area contributed by atoms with E-state index in [1.807, 2.05) is 13.8 Å². The number of urea groups is 1. The van der Waals surface area contributed by atoms with Gasteiger partial charge in [0.15, 0.2) is 0 Å². The van der Waals surface area contributed by atoms with Crippen molar-refractivity contribution in [1.82, 2.24) is 14.9 Å². The van der Waals surface area contributed by atoms with Crippen LogP contribution < -0.4 is 10.6 Å². The van der Waals surface area contributed by atoms with Crippen molar-refractivity contribution in [3.8, 4) is 0 Å². The Hall–Kier alpha value is -1.35. The van der Waals surface area contributed by atoms with Crippen molar-refractivity contribution in [2.45, 2.75) is 20.3 Å². The number of nitrogens with one attached hydrogen (secondary N) is 2. The predicted octanol–water partition coefficient (Wildman–Crippen LogP) is -0.0761. The summed E-state index contributed by atoms with van der Waals surface area (Å²) in [6, 6.07) is -0.570. The van der Waals surface area contributed by atoms with Crippen LogP contribution in [0.2, 0.25) is 0 Å². The lowest BCUT2D eigenvalue weighted by molar-refractivity contribution is -0.142. The van der Waals surface area contributed by atoms with E-state index in [0.717, 1.165) is 4.31 Å². The van der Waals surface area contributed by atoms with Crippen LogP contribution in [-0.2, 0) is 14.8 Å². The van der Waals surface area contributed by atoms with Gasteiger partial charge >= 0.3 is 12.0 Å². The number of carboxylic acids is 1. The number of carboxylic acid groups (broad SMARTS) is 1. The van der Waals surface area contributed by atoms with E-state index in [0.29, 0.717) is 6.42 Å². The Kier molecular flexibility index (Phi) is 8.26. The highest BCUT2D eigenvalue weighted by molar-refractivity contribution is 7.89. The molecule has 9 heteroatoms. The highest BCUT2D eigenvalue weighted by Gasteiger charge is 2.20. The summed E-state index contributed by atoms with van der Waals surface area (Å²) >= 11 is 0. The molecule has 0 saturated heterocycles. The molecule has 0 heterocycles. The number of hydrogen-bond donors (Lipinski definition) is 3. The highest BCUT2D eigenvalue weighted by atomic mass is 32.2. The molecule has 3 N–H and O–H groups in total.